The molecule has 5 nitrogen and oxygen atoms in total. The van der Waals surface area contributed by atoms with Crippen LogP contribution in [0.2, 0.25) is 0 Å². The summed E-state index contributed by atoms with van der Waals surface area (Å²) in [6.07, 6.45) is -7.00. The molecule has 0 spiro atoms. The fourth-order valence-electron chi connectivity index (χ4n) is 2.99. The normalized spacial score (nSPS) is 19.0. The smallest absolute Gasteiger partial charge is 0.418 e. The Balaban J connectivity index is 2.26. The Labute approximate surface area is 125 Å². The zero-order valence-electron chi connectivity index (χ0n) is 12.2. The zero-order valence-corrected chi connectivity index (χ0v) is 12.2. The summed E-state index contributed by atoms with van der Waals surface area (Å²) in [4.78, 5) is 1.97. The lowest BCUT2D eigenvalue weighted by molar-refractivity contribution is -0.207. The lowest BCUT2D eigenvalue weighted by Crippen LogP contribution is -2.30. The molecule has 0 radical (unpaired) electrons. The third-order valence-electron chi connectivity index (χ3n) is 3.99. The van der Waals surface area contributed by atoms with Crippen LogP contribution in [0.15, 0.2) is 0 Å². The highest BCUT2D eigenvalue weighted by Gasteiger charge is 2.46. The van der Waals surface area contributed by atoms with Crippen molar-refractivity contribution in [2.75, 3.05) is 27.5 Å². The molecular formula is C14H16F3NO4. The predicted octanol–water partition coefficient (Wildman–Crippen LogP) is 2.01. The summed E-state index contributed by atoms with van der Waals surface area (Å²) in [6, 6.07) is 0. The van der Waals surface area contributed by atoms with Crippen molar-refractivity contribution in [3.63, 3.8) is 0 Å². The van der Waals surface area contributed by atoms with Gasteiger partial charge >= 0.3 is 6.18 Å². The molecule has 0 bridgehead atoms. The number of fused-ring (bicyclic) bond motifs is 2. The predicted molar refractivity (Wildman–Crippen MR) is 70.2 cm³/mol. The number of ether oxygens (including phenoxy) is 3. The van der Waals surface area contributed by atoms with Gasteiger partial charge in [0.25, 0.3) is 0 Å². The Morgan fingerprint density at radius 2 is 1.91 bits per heavy atom. The minimum atomic E-state index is -4.77. The molecule has 0 amide bonds. The van der Waals surface area contributed by atoms with Gasteiger partial charge in [-0.05, 0) is 19.0 Å². The summed E-state index contributed by atoms with van der Waals surface area (Å²) >= 11 is 0. The molecule has 0 fully saturated rings. The average Bonchev–Trinajstić information content (AvgIpc) is 2.91. The standard InChI is InChI=1S/C14H16F3NO4/c1-18-4-3-7-8(5-18)10(20-2)12-11(21-6-22-12)9(7)13(19)14(15,16)17/h13,19H,3-6H2,1-2H3/t13-/m0/s1. The summed E-state index contributed by atoms with van der Waals surface area (Å²) in [5, 5.41) is 9.79. The van der Waals surface area contributed by atoms with Gasteiger partial charge in [0.1, 0.15) is 0 Å². The number of aliphatic hydroxyl groups excluding tert-OH is 1. The highest BCUT2D eigenvalue weighted by molar-refractivity contribution is 5.66. The van der Waals surface area contributed by atoms with Crippen LogP contribution in [0.5, 0.6) is 17.2 Å². The van der Waals surface area contributed by atoms with Gasteiger partial charge in [-0.3, -0.25) is 0 Å². The van der Waals surface area contributed by atoms with Crippen LogP contribution in [0.4, 0.5) is 13.2 Å². The van der Waals surface area contributed by atoms with Crippen LogP contribution in [0.25, 0.3) is 0 Å². The molecule has 2 aliphatic heterocycles. The van der Waals surface area contributed by atoms with Crippen molar-refractivity contribution >= 4 is 0 Å². The minimum Gasteiger partial charge on any atom is -0.492 e. The average molecular weight is 319 g/mol. The van der Waals surface area contributed by atoms with Gasteiger partial charge in [-0.25, -0.2) is 0 Å². The number of halogens is 3. The molecule has 1 atom stereocenters. The largest absolute Gasteiger partial charge is 0.492 e. The lowest BCUT2D eigenvalue weighted by Gasteiger charge is -2.30. The first-order valence-electron chi connectivity index (χ1n) is 6.79. The van der Waals surface area contributed by atoms with Gasteiger partial charge in [-0.15, -0.1) is 0 Å². The van der Waals surface area contributed by atoms with Gasteiger partial charge in [0, 0.05) is 24.2 Å². The first-order chi connectivity index (χ1) is 10.3. The van der Waals surface area contributed by atoms with Gasteiger partial charge < -0.3 is 24.2 Å². The monoisotopic (exact) mass is 319 g/mol. The summed E-state index contributed by atoms with van der Waals surface area (Å²) < 4.78 is 54.9. The Hall–Kier alpha value is -1.67. The van der Waals surface area contributed by atoms with E-state index in [1.54, 1.807) is 0 Å². The lowest BCUT2D eigenvalue weighted by atomic mass is 9.89. The number of rotatable bonds is 2. The summed E-state index contributed by atoms with van der Waals surface area (Å²) in [7, 11) is 3.30. The Morgan fingerprint density at radius 3 is 2.55 bits per heavy atom. The van der Waals surface area contributed by atoms with Crippen molar-refractivity contribution in [1.29, 1.82) is 0 Å². The second-order valence-electron chi connectivity index (χ2n) is 5.40. The van der Waals surface area contributed by atoms with E-state index >= 15 is 0 Å². The molecule has 2 aliphatic rings. The zero-order chi connectivity index (χ0) is 16.1. The number of benzene rings is 1. The van der Waals surface area contributed by atoms with Crippen molar-refractivity contribution < 1.29 is 32.5 Å². The molecule has 2 heterocycles. The third-order valence-corrected chi connectivity index (χ3v) is 3.99. The van der Waals surface area contributed by atoms with Crippen molar-refractivity contribution in [3.05, 3.63) is 16.7 Å². The number of hydrogen-bond donors (Lipinski definition) is 1. The van der Waals surface area contributed by atoms with Crippen LogP contribution in [0.1, 0.15) is 22.8 Å². The number of nitrogens with zero attached hydrogens (tertiary/aromatic N) is 1. The summed E-state index contributed by atoms with van der Waals surface area (Å²) in [5.41, 5.74) is 0.798. The molecule has 0 aromatic heterocycles. The highest BCUT2D eigenvalue weighted by atomic mass is 19.4. The maximum atomic E-state index is 13.0. The van der Waals surface area contributed by atoms with E-state index in [1.807, 2.05) is 11.9 Å². The SMILES string of the molecule is COc1c2c(c([C@H](O)C(F)(F)F)c3c1OCO3)CCN(C)C2. The van der Waals surface area contributed by atoms with E-state index in [-0.39, 0.29) is 23.9 Å². The maximum absolute atomic E-state index is 13.0. The molecule has 3 rings (SSSR count). The van der Waals surface area contributed by atoms with E-state index in [1.165, 1.54) is 7.11 Å². The van der Waals surface area contributed by atoms with Gasteiger partial charge in [0.15, 0.2) is 17.6 Å². The summed E-state index contributed by atoms with van der Waals surface area (Å²) in [6.45, 7) is 0.822. The van der Waals surface area contributed by atoms with E-state index in [4.69, 9.17) is 14.2 Å². The quantitative estimate of drug-likeness (QED) is 0.904. The number of likely N-dealkylation sites (N-methyl/N-ethyl adjacent to an activating group) is 1. The molecule has 0 aliphatic carbocycles. The van der Waals surface area contributed by atoms with Gasteiger partial charge in [-0.1, -0.05) is 0 Å². The Bertz CT molecular complexity index is 603. The second-order valence-corrected chi connectivity index (χ2v) is 5.40. The maximum Gasteiger partial charge on any atom is 0.418 e. The molecule has 0 saturated carbocycles. The molecule has 0 saturated heterocycles. The second kappa shape index (κ2) is 5.20. The van der Waals surface area contributed by atoms with E-state index < -0.39 is 12.3 Å². The van der Waals surface area contributed by atoms with Gasteiger partial charge in [0.05, 0.1) is 7.11 Å². The highest BCUT2D eigenvalue weighted by Crippen LogP contribution is 2.53. The first kappa shape index (κ1) is 15.2. The minimum absolute atomic E-state index is 0.0648. The Kier molecular flexibility index (Phi) is 3.60. The fourth-order valence-corrected chi connectivity index (χ4v) is 2.99. The van der Waals surface area contributed by atoms with E-state index in [0.29, 0.717) is 36.4 Å². The topological polar surface area (TPSA) is 51.2 Å². The van der Waals surface area contributed by atoms with E-state index in [2.05, 4.69) is 0 Å². The van der Waals surface area contributed by atoms with Crippen molar-refractivity contribution in [1.82, 2.24) is 4.90 Å². The molecule has 1 N–H and O–H groups in total. The molecule has 8 heteroatoms. The van der Waals surface area contributed by atoms with Gasteiger partial charge in [0.2, 0.25) is 12.5 Å². The van der Waals surface area contributed by atoms with E-state index in [9.17, 15) is 18.3 Å². The Morgan fingerprint density at radius 1 is 1.23 bits per heavy atom. The van der Waals surface area contributed by atoms with Gasteiger partial charge in [-0.2, -0.15) is 13.2 Å². The molecule has 122 valence electrons. The van der Waals surface area contributed by atoms with Crippen LogP contribution in [-0.2, 0) is 13.0 Å². The van der Waals surface area contributed by atoms with Crippen LogP contribution in [0, 0.1) is 0 Å². The summed E-state index contributed by atoms with van der Waals surface area (Å²) in [5.74, 6) is 0.451. The number of methoxy groups -OCH3 is 1. The first-order valence-corrected chi connectivity index (χ1v) is 6.79. The number of hydrogen-bond acceptors (Lipinski definition) is 5. The molecule has 1 aromatic carbocycles. The van der Waals surface area contributed by atoms with Crippen LogP contribution < -0.4 is 14.2 Å². The third kappa shape index (κ3) is 2.26. The number of alkyl halides is 3. The molecule has 0 unspecified atom stereocenters. The van der Waals surface area contributed by atoms with Crippen molar-refractivity contribution in [2.45, 2.75) is 25.2 Å². The molecule has 1 aromatic rings. The van der Waals surface area contributed by atoms with Crippen LogP contribution in [-0.4, -0.2) is 43.7 Å². The van der Waals surface area contributed by atoms with Crippen LogP contribution in [0.3, 0.4) is 0 Å². The molecule has 22 heavy (non-hydrogen) atoms. The van der Waals surface area contributed by atoms with Crippen molar-refractivity contribution in [2.24, 2.45) is 0 Å². The number of aliphatic hydroxyl groups is 1. The van der Waals surface area contributed by atoms with E-state index in [0.717, 1.165) is 0 Å². The fraction of sp³-hybridized carbons (Fsp3) is 0.571. The van der Waals surface area contributed by atoms with Crippen LogP contribution >= 0.6 is 0 Å². The van der Waals surface area contributed by atoms with Crippen molar-refractivity contribution in [3.8, 4) is 17.2 Å². The molecular weight excluding hydrogens is 303 g/mol.